The van der Waals surface area contributed by atoms with Crippen molar-refractivity contribution in [2.45, 2.75) is 70.9 Å². The number of amides is 2. The second kappa shape index (κ2) is 8.32. The Labute approximate surface area is 136 Å². The predicted molar refractivity (Wildman–Crippen MR) is 89.9 cm³/mol. The van der Waals surface area contributed by atoms with Gasteiger partial charge in [-0.25, -0.2) is 0 Å². The lowest BCUT2D eigenvalue weighted by molar-refractivity contribution is -0.122. The molecule has 2 atom stereocenters. The second-order valence-corrected chi connectivity index (χ2v) is 7.12. The van der Waals surface area contributed by atoms with Gasteiger partial charge in [-0.1, -0.05) is 20.3 Å². The van der Waals surface area contributed by atoms with E-state index in [1.54, 1.807) is 11.3 Å². The van der Waals surface area contributed by atoms with Gasteiger partial charge in [0.2, 0.25) is 11.8 Å². The summed E-state index contributed by atoms with van der Waals surface area (Å²) in [5, 5.41) is 6.05. The number of carbonyl (C=O) groups is 2. The number of rotatable bonds is 6. The Morgan fingerprint density at radius 3 is 2.68 bits per heavy atom. The van der Waals surface area contributed by atoms with E-state index in [0.717, 1.165) is 12.8 Å². The summed E-state index contributed by atoms with van der Waals surface area (Å²) >= 11 is 1.79. The molecule has 2 rings (SSSR count). The summed E-state index contributed by atoms with van der Waals surface area (Å²) in [6, 6.07) is 4.62. The largest absolute Gasteiger partial charge is 0.353 e. The third-order valence-electron chi connectivity index (χ3n) is 4.23. The van der Waals surface area contributed by atoms with Crippen LogP contribution in [0, 0.1) is 0 Å². The topological polar surface area (TPSA) is 58.2 Å². The number of carbonyl (C=O) groups excluding carboxylic acids is 2. The zero-order valence-electron chi connectivity index (χ0n) is 13.5. The van der Waals surface area contributed by atoms with Gasteiger partial charge in [-0.05, 0) is 37.3 Å². The standard InChI is InChI=1S/C17H26N2O2S/c1-3-16(20)18-11-14-8-9-15(22-14)12-6-5-7-13(10-12)19-17(21)4-2/h8-9,12-13H,3-7,10-11H2,1-2H3,(H,18,20)(H,19,21). The first-order chi connectivity index (χ1) is 10.6. The molecule has 0 bridgehead atoms. The lowest BCUT2D eigenvalue weighted by Gasteiger charge is -2.29. The average Bonchev–Trinajstić information content (AvgIpc) is 3.01. The highest BCUT2D eigenvalue weighted by atomic mass is 32.1. The fourth-order valence-electron chi connectivity index (χ4n) is 2.93. The molecule has 2 N–H and O–H groups in total. The van der Waals surface area contributed by atoms with E-state index in [2.05, 4.69) is 22.8 Å². The molecule has 2 amide bonds. The highest BCUT2D eigenvalue weighted by Gasteiger charge is 2.25. The van der Waals surface area contributed by atoms with E-state index in [-0.39, 0.29) is 11.8 Å². The molecule has 1 aliphatic carbocycles. The highest BCUT2D eigenvalue weighted by Crippen LogP contribution is 2.36. The Hall–Kier alpha value is -1.36. The number of hydrogen-bond donors (Lipinski definition) is 2. The summed E-state index contributed by atoms with van der Waals surface area (Å²) in [7, 11) is 0. The van der Waals surface area contributed by atoms with E-state index in [1.165, 1.54) is 22.6 Å². The van der Waals surface area contributed by atoms with Crippen LogP contribution in [0.4, 0.5) is 0 Å². The molecule has 1 saturated carbocycles. The number of thiophene rings is 1. The van der Waals surface area contributed by atoms with Crippen LogP contribution in [-0.2, 0) is 16.1 Å². The van der Waals surface area contributed by atoms with E-state index in [9.17, 15) is 9.59 Å². The quantitative estimate of drug-likeness (QED) is 0.844. The first-order valence-electron chi connectivity index (χ1n) is 8.27. The van der Waals surface area contributed by atoms with E-state index in [1.807, 2.05) is 13.8 Å². The van der Waals surface area contributed by atoms with Gasteiger partial charge in [0.05, 0.1) is 6.54 Å². The van der Waals surface area contributed by atoms with Gasteiger partial charge in [-0.15, -0.1) is 11.3 Å². The van der Waals surface area contributed by atoms with Gasteiger partial charge in [0.15, 0.2) is 0 Å². The smallest absolute Gasteiger partial charge is 0.220 e. The molecule has 4 nitrogen and oxygen atoms in total. The van der Waals surface area contributed by atoms with Gasteiger partial charge in [0.25, 0.3) is 0 Å². The van der Waals surface area contributed by atoms with E-state index < -0.39 is 0 Å². The molecule has 1 aliphatic rings. The maximum absolute atomic E-state index is 11.6. The molecule has 0 spiro atoms. The van der Waals surface area contributed by atoms with E-state index in [0.29, 0.717) is 31.3 Å². The van der Waals surface area contributed by atoms with Gasteiger partial charge < -0.3 is 10.6 Å². The van der Waals surface area contributed by atoms with Gasteiger partial charge in [-0.2, -0.15) is 0 Å². The summed E-state index contributed by atoms with van der Waals surface area (Å²) in [5.41, 5.74) is 0. The minimum absolute atomic E-state index is 0.0926. The first-order valence-corrected chi connectivity index (χ1v) is 9.08. The maximum atomic E-state index is 11.6. The summed E-state index contributed by atoms with van der Waals surface area (Å²) in [4.78, 5) is 25.5. The van der Waals surface area contributed by atoms with Crippen LogP contribution in [0.15, 0.2) is 12.1 Å². The Balaban J connectivity index is 1.89. The molecule has 1 aromatic heterocycles. The molecular weight excluding hydrogens is 296 g/mol. The van der Waals surface area contributed by atoms with E-state index >= 15 is 0 Å². The van der Waals surface area contributed by atoms with Crippen molar-refractivity contribution in [2.24, 2.45) is 0 Å². The fourth-order valence-corrected chi connectivity index (χ4v) is 4.03. The van der Waals surface area contributed by atoms with Crippen molar-refractivity contribution < 1.29 is 9.59 Å². The monoisotopic (exact) mass is 322 g/mol. The zero-order chi connectivity index (χ0) is 15.9. The van der Waals surface area contributed by atoms with E-state index in [4.69, 9.17) is 0 Å². The van der Waals surface area contributed by atoms with Crippen molar-refractivity contribution in [1.29, 1.82) is 0 Å². The van der Waals surface area contributed by atoms with Crippen molar-refractivity contribution in [1.82, 2.24) is 10.6 Å². The Bertz CT molecular complexity index is 513. The summed E-state index contributed by atoms with van der Waals surface area (Å²) < 4.78 is 0. The minimum Gasteiger partial charge on any atom is -0.353 e. The Morgan fingerprint density at radius 1 is 1.18 bits per heavy atom. The molecule has 1 heterocycles. The molecule has 1 aromatic rings. The molecule has 0 aromatic carbocycles. The molecule has 2 unspecified atom stereocenters. The third kappa shape index (κ3) is 4.83. The van der Waals surface area contributed by atoms with Crippen LogP contribution < -0.4 is 10.6 Å². The van der Waals surface area contributed by atoms with Crippen LogP contribution in [0.5, 0.6) is 0 Å². The molecule has 1 fully saturated rings. The highest BCUT2D eigenvalue weighted by molar-refractivity contribution is 7.12. The van der Waals surface area contributed by atoms with Gasteiger partial charge in [0.1, 0.15) is 0 Å². The van der Waals surface area contributed by atoms with Crippen LogP contribution in [0.1, 0.15) is 68.0 Å². The molecule has 0 aliphatic heterocycles. The van der Waals surface area contributed by atoms with Crippen molar-refractivity contribution in [3.05, 3.63) is 21.9 Å². The lowest BCUT2D eigenvalue weighted by Crippen LogP contribution is -2.37. The number of nitrogens with one attached hydrogen (secondary N) is 2. The van der Waals surface area contributed by atoms with Crippen molar-refractivity contribution in [3.63, 3.8) is 0 Å². The molecule has 22 heavy (non-hydrogen) atoms. The zero-order valence-corrected chi connectivity index (χ0v) is 14.3. The third-order valence-corrected chi connectivity index (χ3v) is 5.47. The average molecular weight is 322 g/mol. The van der Waals surface area contributed by atoms with Crippen LogP contribution in [0.25, 0.3) is 0 Å². The Kier molecular flexibility index (Phi) is 6.43. The molecule has 0 saturated heterocycles. The van der Waals surface area contributed by atoms with Crippen LogP contribution in [0.3, 0.4) is 0 Å². The van der Waals surface area contributed by atoms with Crippen LogP contribution in [-0.4, -0.2) is 17.9 Å². The summed E-state index contributed by atoms with van der Waals surface area (Å²) in [6.45, 7) is 4.38. The Morgan fingerprint density at radius 2 is 1.95 bits per heavy atom. The van der Waals surface area contributed by atoms with Crippen molar-refractivity contribution >= 4 is 23.2 Å². The molecule has 0 radical (unpaired) electrons. The second-order valence-electron chi connectivity index (χ2n) is 5.92. The number of hydrogen-bond acceptors (Lipinski definition) is 3. The van der Waals surface area contributed by atoms with Crippen LogP contribution >= 0.6 is 11.3 Å². The SMILES string of the molecule is CCC(=O)NCc1ccc(C2CCCC(NC(=O)CC)C2)s1. The summed E-state index contributed by atoms with van der Waals surface area (Å²) in [6.07, 6.45) is 5.57. The predicted octanol–water partition coefficient (Wildman–Crippen LogP) is 3.33. The van der Waals surface area contributed by atoms with Gasteiger partial charge >= 0.3 is 0 Å². The molecule has 5 heteroatoms. The van der Waals surface area contributed by atoms with Crippen molar-refractivity contribution in [3.8, 4) is 0 Å². The van der Waals surface area contributed by atoms with Gasteiger partial charge in [0, 0.05) is 28.6 Å². The van der Waals surface area contributed by atoms with Gasteiger partial charge in [-0.3, -0.25) is 9.59 Å². The normalized spacial score (nSPS) is 21.4. The maximum Gasteiger partial charge on any atom is 0.220 e. The lowest BCUT2D eigenvalue weighted by atomic mass is 9.85. The van der Waals surface area contributed by atoms with Crippen LogP contribution in [0.2, 0.25) is 0 Å². The molecular formula is C17H26N2O2S. The first kappa shape index (κ1) is 17.0. The fraction of sp³-hybridized carbons (Fsp3) is 0.647. The molecule has 122 valence electrons. The minimum atomic E-state index is 0.0926. The van der Waals surface area contributed by atoms with Crippen molar-refractivity contribution in [2.75, 3.05) is 0 Å². The summed E-state index contributed by atoms with van der Waals surface area (Å²) in [5.74, 6) is 0.784.